The van der Waals surface area contributed by atoms with Gasteiger partial charge >= 0.3 is 48.9 Å². The van der Waals surface area contributed by atoms with E-state index in [-0.39, 0.29) is 54.4 Å². The molecule has 18 heavy (non-hydrogen) atoms. The van der Waals surface area contributed by atoms with Crippen molar-refractivity contribution in [3.8, 4) is 0 Å². The maximum Gasteiger partial charge on any atom is 2.00 e. The van der Waals surface area contributed by atoms with Crippen LogP contribution >= 0.6 is 7.82 Å². The smallest absolute Gasteiger partial charge is 0.790 e. The first kappa shape index (κ1) is 21.7. The van der Waals surface area contributed by atoms with Crippen molar-refractivity contribution in [2.24, 2.45) is 0 Å². The van der Waals surface area contributed by atoms with Crippen molar-refractivity contribution in [1.82, 2.24) is 0 Å². The SMILES string of the molecule is O.O=P([O-])([O-])OC[C@H]1OC(O)[C@H](O)[C@@H](O)[C@@H]1O.[Ba+2]. The molecule has 0 amide bonds. The second-order valence-electron chi connectivity index (χ2n) is 3.28. The van der Waals surface area contributed by atoms with Crippen molar-refractivity contribution >= 4 is 56.7 Å². The van der Waals surface area contributed by atoms with E-state index < -0.39 is 45.1 Å². The zero-order chi connectivity index (χ0) is 12.5. The zero-order valence-corrected chi connectivity index (χ0v) is 14.4. The van der Waals surface area contributed by atoms with Crippen LogP contribution in [0.3, 0.4) is 0 Å². The van der Waals surface area contributed by atoms with Crippen LogP contribution in [0.15, 0.2) is 0 Å². The summed E-state index contributed by atoms with van der Waals surface area (Å²) in [6, 6.07) is 0. The van der Waals surface area contributed by atoms with Crippen molar-refractivity contribution in [2.75, 3.05) is 6.61 Å². The monoisotopic (exact) mass is 414 g/mol. The van der Waals surface area contributed by atoms with Crippen LogP contribution in [0.1, 0.15) is 0 Å². The van der Waals surface area contributed by atoms with Gasteiger partial charge in [0.15, 0.2) is 6.29 Å². The standard InChI is InChI=1S/C6H13O9P.Ba.H2O/c7-3-2(1-14-16(11,12)13)15-6(10)5(9)4(3)8;;/h2-10H,1H2,(H2,11,12,13);;1H2/q;+2;/p-2/t2-,3-,4+,5-,6?;;/m1../s1. The summed E-state index contributed by atoms with van der Waals surface area (Å²) in [6.45, 7) is -0.855. The number of hydrogen-bond donors (Lipinski definition) is 4. The van der Waals surface area contributed by atoms with E-state index in [2.05, 4.69) is 9.26 Å². The Balaban J connectivity index is 0. The summed E-state index contributed by atoms with van der Waals surface area (Å²) < 4.78 is 18.5. The Morgan fingerprint density at radius 3 is 2.06 bits per heavy atom. The largest absolute Gasteiger partial charge is 2.00 e. The van der Waals surface area contributed by atoms with Crippen LogP contribution in [0.25, 0.3) is 0 Å². The van der Waals surface area contributed by atoms with Crippen molar-refractivity contribution in [1.29, 1.82) is 0 Å². The van der Waals surface area contributed by atoms with Crippen LogP contribution in [0.4, 0.5) is 0 Å². The third kappa shape index (κ3) is 6.26. The molecule has 1 unspecified atom stereocenters. The number of ether oxygens (including phenoxy) is 1. The quantitative estimate of drug-likeness (QED) is 0.258. The van der Waals surface area contributed by atoms with Gasteiger partial charge in [-0.1, -0.05) is 0 Å². The van der Waals surface area contributed by atoms with Gasteiger partial charge in [-0.25, -0.2) is 0 Å². The van der Waals surface area contributed by atoms with Gasteiger partial charge in [0.25, 0.3) is 0 Å². The summed E-state index contributed by atoms with van der Waals surface area (Å²) in [4.78, 5) is 20.3. The van der Waals surface area contributed by atoms with Crippen LogP contribution in [-0.4, -0.2) is 112 Å². The van der Waals surface area contributed by atoms with E-state index in [0.29, 0.717) is 0 Å². The molecule has 12 heteroatoms. The molecule has 1 aliphatic rings. The van der Waals surface area contributed by atoms with Crippen molar-refractivity contribution in [2.45, 2.75) is 30.7 Å². The number of rotatable bonds is 3. The van der Waals surface area contributed by atoms with E-state index in [1.54, 1.807) is 0 Å². The minimum atomic E-state index is -5.23. The van der Waals surface area contributed by atoms with Gasteiger partial charge in [0.2, 0.25) is 0 Å². The predicted octanol–water partition coefficient (Wildman–Crippen LogP) is -5.57. The third-order valence-electron chi connectivity index (χ3n) is 2.08. The Hall–Kier alpha value is 1.44. The van der Waals surface area contributed by atoms with Crippen LogP contribution in [-0.2, 0) is 13.8 Å². The first-order chi connectivity index (χ1) is 7.22. The van der Waals surface area contributed by atoms with E-state index in [1.807, 2.05) is 0 Å². The summed E-state index contributed by atoms with van der Waals surface area (Å²) in [5.41, 5.74) is 0. The van der Waals surface area contributed by atoms with Crippen LogP contribution in [0.2, 0.25) is 0 Å². The minimum Gasteiger partial charge on any atom is -0.790 e. The van der Waals surface area contributed by atoms with Crippen molar-refractivity contribution in [3.05, 3.63) is 0 Å². The molecule has 1 saturated heterocycles. The molecule has 0 spiro atoms. The van der Waals surface area contributed by atoms with Crippen LogP contribution < -0.4 is 9.79 Å². The Bertz CT molecular complexity index is 284. The van der Waals surface area contributed by atoms with Crippen LogP contribution in [0, 0.1) is 0 Å². The number of phosphoric acid groups is 1. The van der Waals surface area contributed by atoms with E-state index in [9.17, 15) is 24.6 Å². The van der Waals surface area contributed by atoms with Gasteiger partial charge in [-0.2, -0.15) is 0 Å². The number of hydrogen-bond acceptors (Lipinski definition) is 9. The van der Waals surface area contributed by atoms with Gasteiger partial charge in [-0.05, 0) is 0 Å². The van der Waals surface area contributed by atoms with Gasteiger partial charge < -0.3 is 49.5 Å². The molecule has 0 radical (unpaired) electrons. The molecule has 0 bridgehead atoms. The average molecular weight is 413 g/mol. The molecule has 0 aromatic carbocycles. The Kier molecular flexibility index (Phi) is 10.5. The van der Waals surface area contributed by atoms with Gasteiger partial charge in [0.1, 0.15) is 24.4 Å². The minimum absolute atomic E-state index is 0. The maximum atomic E-state index is 10.1. The number of aliphatic hydroxyl groups is 4. The second-order valence-corrected chi connectivity index (χ2v) is 4.43. The number of phosphoric ester groups is 1. The molecule has 1 aliphatic heterocycles. The van der Waals surface area contributed by atoms with Gasteiger partial charge in [-0.3, -0.25) is 0 Å². The molecule has 6 N–H and O–H groups in total. The first-order valence-corrected chi connectivity index (χ1v) is 5.73. The molecular weight excluding hydrogens is 400 g/mol. The summed E-state index contributed by atoms with van der Waals surface area (Å²) in [5.74, 6) is 0. The third-order valence-corrected chi connectivity index (χ3v) is 2.55. The van der Waals surface area contributed by atoms with E-state index in [0.717, 1.165) is 0 Å². The number of aliphatic hydroxyl groups excluding tert-OH is 4. The maximum absolute atomic E-state index is 10.1. The molecule has 1 fully saturated rings. The molecule has 1 heterocycles. The summed E-state index contributed by atoms with van der Waals surface area (Å²) in [6.07, 6.45) is -8.35. The Morgan fingerprint density at radius 2 is 1.61 bits per heavy atom. The van der Waals surface area contributed by atoms with Crippen molar-refractivity contribution < 1.29 is 49.5 Å². The summed E-state index contributed by atoms with van der Waals surface area (Å²) in [5, 5.41) is 36.6. The molecule has 0 aromatic heterocycles. The molecule has 104 valence electrons. The Labute approximate surface area is 142 Å². The normalized spacial score (nSPS) is 36.4. The fraction of sp³-hybridized carbons (Fsp3) is 1.00. The van der Waals surface area contributed by atoms with E-state index in [1.165, 1.54) is 0 Å². The average Bonchev–Trinajstić information content (AvgIpc) is 2.17. The fourth-order valence-electron chi connectivity index (χ4n) is 1.23. The predicted molar refractivity (Wildman–Crippen MR) is 51.8 cm³/mol. The van der Waals surface area contributed by atoms with Crippen LogP contribution in [0.5, 0.6) is 0 Å². The Morgan fingerprint density at radius 1 is 1.11 bits per heavy atom. The van der Waals surface area contributed by atoms with E-state index in [4.69, 9.17) is 10.2 Å². The molecule has 0 saturated carbocycles. The summed E-state index contributed by atoms with van der Waals surface area (Å²) >= 11 is 0. The van der Waals surface area contributed by atoms with Gasteiger partial charge in [0.05, 0.1) is 14.4 Å². The molecule has 1 rings (SSSR count). The summed E-state index contributed by atoms with van der Waals surface area (Å²) in [7, 11) is -5.23. The molecule has 5 atom stereocenters. The van der Waals surface area contributed by atoms with Gasteiger partial charge in [0, 0.05) is 0 Å². The first-order valence-electron chi connectivity index (χ1n) is 4.26. The molecule has 10 nitrogen and oxygen atoms in total. The van der Waals surface area contributed by atoms with Crippen molar-refractivity contribution in [3.63, 3.8) is 0 Å². The van der Waals surface area contributed by atoms with E-state index >= 15 is 0 Å². The molecule has 0 aliphatic carbocycles. The second kappa shape index (κ2) is 8.67. The topological polar surface area (TPSA) is 194 Å². The van der Waals surface area contributed by atoms with Gasteiger partial charge in [-0.15, -0.1) is 0 Å². The molecule has 0 aromatic rings. The molecular formula is C6H13BaO10P. The zero-order valence-electron chi connectivity index (χ0n) is 9.08. The fourth-order valence-corrected chi connectivity index (χ4v) is 1.56.